The molecule has 2 N–H and O–H groups in total. The van der Waals surface area contributed by atoms with E-state index in [0.29, 0.717) is 11.6 Å². The number of amides is 1. The number of primary amides is 1. The van der Waals surface area contributed by atoms with Crippen molar-refractivity contribution in [3.05, 3.63) is 58.5 Å². The summed E-state index contributed by atoms with van der Waals surface area (Å²) in [6, 6.07) is 2.24. The number of carbonyl (C=O) groups is 1. The lowest BCUT2D eigenvalue weighted by molar-refractivity contribution is -0.143. The topological polar surface area (TPSA) is 56.0 Å². The molecule has 142 valence electrons. The number of halogens is 6. The molecule has 3 nitrogen and oxygen atoms in total. The number of hydrogen-bond donors (Lipinski definition) is 1. The third-order valence-corrected chi connectivity index (χ3v) is 4.64. The number of pyridine rings is 1. The van der Waals surface area contributed by atoms with Crippen LogP contribution in [0.4, 0.5) is 22.0 Å². The van der Waals surface area contributed by atoms with Gasteiger partial charge in [0, 0.05) is 5.56 Å². The van der Waals surface area contributed by atoms with Gasteiger partial charge in [-0.2, -0.15) is 8.78 Å². The van der Waals surface area contributed by atoms with Crippen molar-refractivity contribution in [3.63, 3.8) is 0 Å². The van der Waals surface area contributed by atoms with Crippen molar-refractivity contribution in [2.24, 2.45) is 11.7 Å². The highest BCUT2D eigenvalue weighted by Crippen LogP contribution is 2.43. The predicted octanol–water partition coefficient (Wildman–Crippen LogP) is 4.82. The summed E-state index contributed by atoms with van der Waals surface area (Å²) in [6.07, 6.45) is 1.48. The molecule has 1 heterocycles. The second-order valence-electron chi connectivity index (χ2n) is 6.18. The van der Waals surface area contributed by atoms with Gasteiger partial charge in [0.2, 0.25) is 0 Å². The summed E-state index contributed by atoms with van der Waals surface area (Å²) in [4.78, 5) is 15.0. The maximum atomic E-state index is 14.8. The Kier molecular flexibility index (Phi) is 4.71. The molecule has 27 heavy (non-hydrogen) atoms. The Morgan fingerprint density at radius 3 is 2.41 bits per heavy atom. The Balaban J connectivity index is 2.30. The van der Waals surface area contributed by atoms with Gasteiger partial charge in [-0.1, -0.05) is 18.2 Å². The molecular weight excluding hydrogens is 391 g/mol. The van der Waals surface area contributed by atoms with E-state index in [4.69, 9.17) is 11.6 Å². The third kappa shape index (κ3) is 3.29. The smallest absolute Gasteiger partial charge is 0.352 e. The fourth-order valence-electron chi connectivity index (χ4n) is 2.58. The molecular formula is C18H12ClF5N2O. The molecule has 9 heteroatoms. The Bertz CT molecular complexity index is 973. The molecule has 0 aliphatic heterocycles. The van der Waals surface area contributed by atoms with E-state index in [-0.39, 0.29) is 11.6 Å². The van der Waals surface area contributed by atoms with E-state index in [2.05, 4.69) is 17.3 Å². The number of rotatable bonds is 5. The zero-order chi connectivity index (χ0) is 20.1. The number of hydrogen-bond acceptors (Lipinski definition) is 2. The molecule has 0 saturated heterocycles. The fourth-order valence-corrected chi connectivity index (χ4v) is 2.75. The molecule has 1 aliphatic carbocycles. The zero-order valence-electron chi connectivity index (χ0n) is 13.6. The average molecular weight is 403 g/mol. The monoisotopic (exact) mass is 402 g/mol. The van der Waals surface area contributed by atoms with Gasteiger partial charge in [0.1, 0.15) is 16.5 Å². The number of carbonyl (C=O) groups excluding carboxylic acids is 1. The van der Waals surface area contributed by atoms with Crippen molar-refractivity contribution in [1.29, 1.82) is 0 Å². The van der Waals surface area contributed by atoms with Crippen molar-refractivity contribution in [2.45, 2.75) is 18.8 Å². The van der Waals surface area contributed by atoms with E-state index in [1.54, 1.807) is 0 Å². The molecule has 3 rings (SSSR count). The Labute approximate surface area is 155 Å². The largest absolute Gasteiger partial charge is 0.364 e. The second kappa shape index (κ2) is 6.60. The summed E-state index contributed by atoms with van der Waals surface area (Å²) in [5.74, 6) is -10.6. The van der Waals surface area contributed by atoms with Gasteiger partial charge in [-0.25, -0.2) is 18.2 Å². The van der Waals surface area contributed by atoms with Crippen LogP contribution in [0, 0.1) is 23.4 Å². The first-order valence-corrected chi connectivity index (χ1v) is 8.15. The lowest BCUT2D eigenvalue weighted by Crippen LogP contribution is -2.34. The Morgan fingerprint density at radius 1 is 1.22 bits per heavy atom. The minimum atomic E-state index is -4.37. The summed E-state index contributed by atoms with van der Waals surface area (Å²) in [7, 11) is 0. The van der Waals surface area contributed by atoms with Crippen molar-refractivity contribution in [2.75, 3.05) is 0 Å². The summed E-state index contributed by atoms with van der Waals surface area (Å²) < 4.78 is 70.9. The van der Waals surface area contributed by atoms with Crippen LogP contribution in [0.2, 0.25) is 5.02 Å². The summed E-state index contributed by atoms with van der Waals surface area (Å²) in [6.45, 7) is 3.75. The second-order valence-corrected chi connectivity index (χ2v) is 6.56. The highest BCUT2D eigenvalue weighted by atomic mass is 35.5. The van der Waals surface area contributed by atoms with Crippen molar-refractivity contribution in [1.82, 2.24) is 4.98 Å². The normalized spacial score (nSPS) is 14.3. The molecule has 1 saturated carbocycles. The zero-order valence-corrected chi connectivity index (χ0v) is 14.4. The van der Waals surface area contributed by atoms with E-state index in [1.165, 1.54) is 0 Å². The van der Waals surface area contributed by atoms with Crippen molar-refractivity contribution in [3.8, 4) is 11.3 Å². The van der Waals surface area contributed by atoms with Crippen LogP contribution in [0.5, 0.6) is 0 Å². The van der Waals surface area contributed by atoms with Crippen LogP contribution in [0.25, 0.3) is 16.8 Å². The molecule has 0 atom stereocenters. The van der Waals surface area contributed by atoms with Crippen LogP contribution in [0.1, 0.15) is 24.1 Å². The highest BCUT2D eigenvalue weighted by molar-refractivity contribution is 6.31. The first kappa shape index (κ1) is 19.3. The van der Waals surface area contributed by atoms with Crippen LogP contribution in [0.3, 0.4) is 0 Å². The lowest BCUT2D eigenvalue weighted by Gasteiger charge is -2.18. The quantitative estimate of drug-likeness (QED) is 0.576. The van der Waals surface area contributed by atoms with E-state index in [0.717, 1.165) is 25.0 Å². The predicted molar refractivity (Wildman–Crippen MR) is 89.4 cm³/mol. The molecule has 0 radical (unpaired) electrons. The summed E-state index contributed by atoms with van der Waals surface area (Å²) in [5.41, 5.74) is 2.05. The Morgan fingerprint density at radius 2 is 1.85 bits per heavy atom. The molecule has 0 unspecified atom stereocenters. The number of allylic oxidation sites excluding steroid dienone is 1. The van der Waals surface area contributed by atoms with Gasteiger partial charge in [-0.05, 0) is 42.5 Å². The molecule has 1 aliphatic rings. The molecule has 1 aromatic heterocycles. The summed E-state index contributed by atoms with van der Waals surface area (Å²) in [5, 5.41) is -0.941. The average Bonchev–Trinajstić information content (AvgIpc) is 3.44. The van der Waals surface area contributed by atoms with E-state index < -0.39 is 51.1 Å². The van der Waals surface area contributed by atoms with Crippen molar-refractivity contribution >= 4 is 23.1 Å². The summed E-state index contributed by atoms with van der Waals surface area (Å²) >= 11 is 5.49. The Hall–Kier alpha value is -2.48. The maximum absolute atomic E-state index is 14.8. The van der Waals surface area contributed by atoms with E-state index in [9.17, 15) is 26.7 Å². The first-order chi connectivity index (χ1) is 12.6. The maximum Gasteiger partial charge on any atom is 0.352 e. The van der Waals surface area contributed by atoms with E-state index in [1.807, 2.05) is 0 Å². The van der Waals surface area contributed by atoms with E-state index >= 15 is 0 Å². The first-order valence-electron chi connectivity index (χ1n) is 7.77. The highest BCUT2D eigenvalue weighted by Gasteiger charge is 2.43. The SMILES string of the molecule is C=C(c1cc(C(F)(F)C(N)=O)c(F)c(-c2ccc(F)c(Cl)c2F)n1)C1CC1. The molecule has 1 aromatic carbocycles. The minimum Gasteiger partial charge on any atom is -0.364 e. The van der Waals surface area contributed by atoms with Gasteiger partial charge in [-0.15, -0.1) is 0 Å². The molecule has 0 spiro atoms. The molecule has 1 amide bonds. The van der Waals surface area contributed by atoms with Gasteiger partial charge < -0.3 is 5.73 Å². The number of benzene rings is 1. The van der Waals surface area contributed by atoms with Crippen LogP contribution < -0.4 is 5.73 Å². The number of alkyl halides is 2. The molecule has 0 bridgehead atoms. The number of nitrogens with zero attached hydrogens (tertiary/aromatic N) is 1. The molecule has 2 aromatic rings. The third-order valence-electron chi connectivity index (χ3n) is 4.29. The van der Waals surface area contributed by atoms with Crippen LogP contribution in [0.15, 0.2) is 24.8 Å². The van der Waals surface area contributed by atoms with Crippen LogP contribution >= 0.6 is 11.6 Å². The number of nitrogens with two attached hydrogens (primary N) is 1. The standard InChI is InChI=1S/C18H12ClF5N2O/c1-7(8-2-3-8)12-6-10(18(23,24)17(25)27)15(22)16(26-12)9-4-5-11(20)13(19)14(9)21/h4-6,8H,1-3H2,(H2,25,27). The lowest BCUT2D eigenvalue weighted by atomic mass is 9.98. The van der Waals surface area contributed by atoms with Gasteiger partial charge in [0.15, 0.2) is 11.6 Å². The number of aromatic nitrogens is 1. The van der Waals surface area contributed by atoms with Crippen molar-refractivity contribution < 1.29 is 26.7 Å². The van der Waals surface area contributed by atoms with Gasteiger partial charge in [0.25, 0.3) is 5.91 Å². The van der Waals surface area contributed by atoms with Gasteiger partial charge in [0.05, 0.1) is 11.3 Å². The van der Waals surface area contributed by atoms with Crippen LogP contribution in [-0.4, -0.2) is 10.9 Å². The van der Waals surface area contributed by atoms with Crippen LogP contribution in [-0.2, 0) is 10.7 Å². The molecule has 1 fully saturated rings. The fraction of sp³-hybridized carbons (Fsp3) is 0.222. The van der Waals surface area contributed by atoms with Gasteiger partial charge in [-0.3, -0.25) is 4.79 Å². The minimum absolute atomic E-state index is 0.0347. The van der Waals surface area contributed by atoms with Gasteiger partial charge >= 0.3 is 5.92 Å².